The van der Waals surface area contributed by atoms with E-state index in [-0.39, 0.29) is 64.0 Å². The van der Waals surface area contributed by atoms with Crippen molar-refractivity contribution in [1.82, 2.24) is 0 Å². The predicted octanol–water partition coefficient (Wildman–Crippen LogP) is 3.12. The lowest BCUT2D eigenvalue weighted by Gasteiger charge is -2.63. The van der Waals surface area contributed by atoms with Gasteiger partial charge in [-0.15, -0.1) is 0 Å². The molecular formula is C35H56O9. The van der Waals surface area contributed by atoms with Crippen LogP contribution in [0.2, 0.25) is 0 Å². The highest BCUT2D eigenvalue weighted by Crippen LogP contribution is 2.89. The van der Waals surface area contributed by atoms with Crippen LogP contribution in [0.1, 0.15) is 99.8 Å². The summed E-state index contributed by atoms with van der Waals surface area (Å²) in [4.78, 5) is 0. The minimum absolute atomic E-state index is 0.0491. The lowest BCUT2D eigenvalue weighted by molar-refractivity contribution is -0.327. The number of rotatable bonds is 3. The summed E-state index contributed by atoms with van der Waals surface area (Å²) in [5.41, 5.74) is -0.853. The van der Waals surface area contributed by atoms with Crippen molar-refractivity contribution in [3.8, 4) is 0 Å². The van der Waals surface area contributed by atoms with E-state index in [4.69, 9.17) is 18.9 Å². The summed E-state index contributed by atoms with van der Waals surface area (Å²) in [5.74, 6) is -0.781. The van der Waals surface area contributed by atoms with Crippen LogP contribution in [0.5, 0.6) is 0 Å². The molecule has 9 nitrogen and oxygen atoms in total. The maximum Gasteiger partial charge on any atom is 0.196 e. The molecule has 0 amide bonds. The SMILES string of the molecule is C[C@@H]1C[C@H]([C@@H]2OC2(C)C)O[C@]2(O)[C@H](O)[C@@]3(C)[C@@H]4CC[C@H]5C(C)(C)[C@@H](O[C@@H]6OC[C@H](O)[C@H](O)[C@H]6O)CC[C@@]56C[C@@]46CC[C@]3(C)[C@@H]12. The fourth-order valence-electron chi connectivity index (χ4n) is 13.8. The molecule has 5 N–H and O–H groups in total. The van der Waals surface area contributed by atoms with E-state index in [1.165, 1.54) is 0 Å². The van der Waals surface area contributed by atoms with E-state index in [2.05, 4.69) is 48.5 Å². The molecule has 0 aromatic rings. The van der Waals surface area contributed by atoms with Crippen molar-refractivity contribution in [2.75, 3.05) is 6.61 Å². The van der Waals surface area contributed by atoms with Gasteiger partial charge in [-0.25, -0.2) is 0 Å². The smallest absolute Gasteiger partial charge is 0.196 e. The Kier molecular flexibility index (Phi) is 6.33. The Hall–Kier alpha value is -0.360. The molecule has 17 atom stereocenters. The molecule has 0 bridgehead atoms. The predicted molar refractivity (Wildman–Crippen MR) is 159 cm³/mol. The summed E-state index contributed by atoms with van der Waals surface area (Å²) < 4.78 is 24.7. The van der Waals surface area contributed by atoms with Gasteiger partial charge in [-0.1, -0.05) is 34.6 Å². The summed E-state index contributed by atoms with van der Waals surface area (Å²) in [6.07, 6.45) is 1.96. The second-order valence-corrected chi connectivity index (χ2v) is 18.3. The average molecular weight is 621 g/mol. The van der Waals surface area contributed by atoms with Crippen molar-refractivity contribution in [1.29, 1.82) is 0 Å². The number of aliphatic hydroxyl groups excluding tert-OH is 4. The van der Waals surface area contributed by atoms with Crippen molar-refractivity contribution in [2.24, 2.45) is 50.7 Å². The minimum atomic E-state index is -1.58. The molecule has 0 aromatic carbocycles. The number of ether oxygens (including phenoxy) is 4. The van der Waals surface area contributed by atoms with Crippen LogP contribution in [0.3, 0.4) is 0 Å². The van der Waals surface area contributed by atoms with E-state index < -0.39 is 41.9 Å². The van der Waals surface area contributed by atoms with Crippen LogP contribution in [-0.4, -0.2) is 92.5 Å². The Morgan fingerprint density at radius 3 is 2.14 bits per heavy atom. The summed E-state index contributed by atoms with van der Waals surface area (Å²) in [5, 5.41) is 55.7. The molecular weight excluding hydrogens is 564 g/mol. The van der Waals surface area contributed by atoms with Crippen LogP contribution in [-0.2, 0) is 18.9 Å². The van der Waals surface area contributed by atoms with Gasteiger partial charge >= 0.3 is 0 Å². The Bertz CT molecular complexity index is 1210. The number of hydrogen-bond donors (Lipinski definition) is 5. The molecule has 2 spiro atoms. The molecule has 9 heteroatoms. The van der Waals surface area contributed by atoms with E-state index in [0.29, 0.717) is 11.8 Å². The van der Waals surface area contributed by atoms with Gasteiger partial charge in [0.15, 0.2) is 12.1 Å². The Labute approximate surface area is 262 Å². The van der Waals surface area contributed by atoms with E-state index in [1.807, 2.05) is 0 Å². The monoisotopic (exact) mass is 620 g/mol. The van der Waals surface area contributed by atoms with E-state index >= 15 is 0 Å². The topological polar surface area (TPSA) is 141 Å². The van der Waals surface area contributed by atoms with Crippen molar-refractivity contribution in [3.63, 3.8) is 0 Å². The van der Waals surface area contributed by atoms with E-state index in [9.17, 15) is 25.5 Å². The fourth-order valence-corrected chi connectivity index (χ4v) is 13.8. The average Bonchev–Trinajstić information content (AvgIpc) is 3.80. The molecule has 250 valence electrons. The summed E-state index contributed by atoms with van der Waals surface area (Å²) in [6.45, 7) is 15.6. The number of aliphatic hydroxyl groups is 5. The van der Waals surface area contributed by atoms with Gasteiger partial charge in [-0.2, -0.15) is 0 Å². The normalized spacial score (nSPS) is 63.3. The molecule has 3 aliphatic heterocycles. The standard InChI is InChI=1S/C35H56O9/c1-17-14-19(26-30(4,5)44-26)43-35(40)25(17)31(6)12-13-34-16-33(34)11-10-22(42-27-24(38)23(37)18(36)15-41-27)29(2,3)20(33)8-9-21(34)32(31,7)28(35)39/h17-28,36-40H,8-16H2,1-7H3/t17-,18+,19-,20+,21+,22+,23+,24-,25-,26+,27+,28-,31-,32-,33-,34+,35+/m1/s1. The van der Waals surface area contributed by atoms with Crippen molar-refractivity contribution in [3.05, 3.63) is 0 Å². The highest BCUT2D eigenvalue weighted by Gasteiger charge is 2.87. The fraction of sp³-hybridized carbons (Fsp3) is 1.00. The second-order valence-electron chi connectivity index (χ2n) is 18.3. The van der Waals surface area contributed by atoms with Crippen LogP contribution in [0.25, 0.3) is 0 Å². The van der Waals surface area contributed by atoms with Gasteiger partial charge in [0.2, 0.25) is 0 Å². The first-order chi connectivity index (χ1) is 20.4. The Morgan fingerprint density at radius 1 is 0.795 bits per heavy atom. The molecule has 3 heterocycles. The third kappa shape index (κ3) is 3.48. The maximum atomic E-state index is 12.5. The van der Waals surface area contributed by atoms with Crippen molar-refractivity contribution in [2.45, 2.75) is 160 Å². The van der Waals surface area contributed by atoms with Gasteiger partial charge in [0, 0.05) is 11.3 Å². The van der Waals surface area contributed by atoms with E-state index in [1.54, 1.807) is 0 Å². The van der Waals surface area contributed by atoms with Gasteiger partial charge in [0.05, 0.1) is 24.4 Å². The summed E-state index contributed by atoms with van der Waals surface area (Å²) in [6, 6.07) is 0. The molecule has 3 saturated heterocycles. The number of hydrogen-bond acceptors (Lipinski definition) is 9. The zero-order valence-electron chi connectivity index (χ0n) is 27.7. The molecule has 5 aliphatic carbocycles. The van der Waals surface area contributed by atoms with Gasteiger partial charge in [0.25, 0.3) is 0 Å². The van der Waals surface area contributed by atoms with Crippen LogP contribution in [0.15, 0.2) is 0 Å². The molecule has 0 aromatic heterocycles. The number of fused-ring (bicyclic) bond motifs is 4. The third-order valence-electron chi connectivity index (χ3n) is 16.0. The lowest BCUT2D eigenvalue weighted by atomic mass is 9.41. The molecule has 8 rings (SSSR count). The number of epoxide rings is 1. The highest BCUT2D eigenvalue weighted by molar-refractivity contribution is 5.33. The van der Waals surface area contributed by atoms with E-state index in [0.717, 1.165) is 51.4 Å². The maximum absolute atomic E-state index is 12.5. The lowest BCUT2D eigenvalue weighted by Crippen LogP contribution is -2.61. The molecule has 8 fully saturated rings. The molecule has 5 saturated carbocycles. The first kappa shape index (κ1) is 30.9. The minimum Gasteiger partial charge on any atom is -0.388 e. The van der Waals surface area contributed by atoms with Crippen molar-refractivity contribution >= 4 is 0 Å². The zero-order chi connectivity index (χ0) is 31.6. The van der Waals surface area contributed by atoms with Crippen LogP contribution in [0, 0.1) is 50.7 Å². The first-order valence-electron chi connectivity index (χ1n) is 17.5. The zero-order valence-corrected chi connectivity index (χ0v) is 27.7. The quantitative estimate of drug-likeness (QED) is 0.238. The Balaban J connectivity index is 1.07. The second kappa shape index (κ2) is 9.00. The van der Waals surface area contributed by atoms with Crippen LogP contribution < -0.4 is 0 Å². The van der Waals surface area contributed by atoms with Crippen molar-refractivity contribution < 1.29 is 44.5 Å². The molecule has 0 radical (unpaired) electrons. The van der Waals surface area contributed by atoms with Crippen LogP contribution in [0.4, 0.5) is 0 Å². The largest absolute Gasteiger partial charge is 0.388 e. The van der Waals surface area contributed by atoms with Gasteiger partial charge in [-0.05, 0) is 105 Å². The van der Waals surface area contributed by atoms with Crippen LogP contribution >= 0.6 is 0 Å². The first-order valence-corrected chi connectivity index (χ1v) is 17.5. The summed E-state index contributed by atoms with van der Waals surface area (Å²) >= 11 is 0. The van der Waals surface area contributed by atoms with Gasteiger partial charge in [0.1, 0.15) is 30.5 Å². The molecule has 8 aliphatic rings. The molecule has 44 heavy (non-hydrogen) atoms. The van der Waals surface area contributed by atoms with Gasteiger partial charge < -0.3 is 44.5 Å². The van der Waals surface area contributed by atoms with Gasteiger partial charge in [-0.3, -0.25) is 0 Å². The Morgan fingerprint density at radius 2 is 1.45 bits per heavy atom. The highest BCUT2D eigenvalue weighted by atomic mass is 16.7. The molecule has 0 unspecified atom stereocenters. The third-order valence-corrected chi connectivity index (χ3v) is 16.0. The summed E-state index contributed by atoms with van der Waals surface area (Å²) in [7, 11) is 0.